The summed E-state index contributed by atoms with van der Waals surface area (Å²) in [6, 6.07) is 22.7. The van der Waals surface area contributed by atoms with Gasteiger partial charge in [0, 0.05) is 15.4 Å². The molecule has 0 aliphatic heterocycles. The number of aryl methyl sites for hydroxylation is 2. The summed E-state index contributed by atoms with van der Waals surface area (Å²) in [5.74, 6) is 1.27. The van der Waals surface area contributed by atoms with Crippen LogP contribution in [0.15, 0.2) is 81.7 Å². The van der Waals surface area contributed by atoms with Crippen molar-refractivity contribution in [3.63, 3.8) is 0 Å². The summed E-state index contributed by atoms with van der Waals surface area (Å²) in [5, 5.41) is 9.77. The van der Waals surface area contributed by atoms with Crippen LogP contribution in [0, 0.1) is 11.3 Å². The molecule has 16 heteroatoms. The van der Waals surface area contributed by atoms with Gasteiger partial charge in [-0.05, 0) is 158 Å². The average Bonchev–Trinajstić information content (AvgIpc) is 3.25. The van der Waals surface area contributed by atoms with Gasteiger partial charge < -0.3 is 48.5 Å². The Morgan fingerprint density at radius 2 is 0.955 bits per heavy atom. The fraction of sp³-hybridized carbons (Fsp3) is 0.471. The number of halogens is 2. The molecule has 0 saturated heterocycles. The summed E-state index contributed by atoms with van der Waals surface area (Å²) in [7, 11) is 5.69. The van der Waals surface area contributed by atoms with Gasteiger partial charge >= 0.3 is 69.3 Å². The van der Waals surface area contributed by atoms with E-state index in [0.29, 0.717) is 58.7 Å². The predicted molar refractivity (Wildman–Crippen MR) is 261 cm³/mol. The Labute approximate surface area is 456 Å². The second-order valence-corrected chi connectivity index (χ2v) is 18.4. The monoisotopic (exact) mass is 1080 g/mol. The number of methoxy groups -OCH3 is 4. The molecule has 0 bridgehead atoms. The molecule has 0 aromatic heterocycles. The summed E-state index contributed by atoms with van der Waals surface area (Å²) in [4.78, 5) is 38.1. The molecule has 0 amide bonds. The first-order chi connectivity index (χ1) is 30.7. The molecule has 0 aliphatic carbocycles. The number of benzene rings is 4. The molecule has 364 valence electrons. The van der Waals surface area contributed by atoms with Crippen molar-refractivity contribution in [3.05, 3.63) is 104 Å². The van der Waals surface area contributed by atoms with Crippen molar-refractivity contribution < 1.29 is 114 Å². The van der Waals surface area contributed by atoms with E-state index in [1.165, 1.54) is 14.2 Å². The Bertz CT molecular complexity index is 2130. The smallest absolute Gasteiger partial charge is 0.870 e. The molecule has 0 heterocycles. The van der Waals surface area contributed by atoms with Crippen molar-refractivity contribution in [2.24, 2.45) is 11.3 Å². The summed E-state index contributed by atoms with van der Waals surface area (Å²) < 4.78 is 45.6. The second-order valence-electron chi connectivity index (χ2n) is 16.7. The number of hydrogen-bond acceptors (Lipinski definition) is 12. The fourth-order valence-corrected chi connectivity index (χ4v) is 7.93. The third-order valence-corrected chi connectivity index (χ3v) is 11.5. The predicted octanol–water partition coefficient (Wildman–Crippen LogP) is 8.28. The maximum absolute atomic E-state index is 13.1. The zero-order valence-electron chi connectivity index (χ0n) is 41.2. The molecule has 4 rings (SSSR count). The van der Waals surface area contributed by atoms with E-state index in [0.717, 1.165) is 32.7 Å². The molecule has 13 nitrogen and oxygen atoms in total. The van der Waals surface area contributed by atoms with Crippen LogP contribution in [-0.4, -0.2) is 81.3 Å². The molecule has 67 heavy (non-hydrogen) atoms. The van der Waals surface area contributed by atoms with Crippen LogP contribution in [0.25, 0.3) is 0 Å². The van der Waals surface area contributed by atoms with Gasteiger partial charge in [0.25, 0.3) is 0 Å². The first-order valence-electron chi connectivity index (χ1n) is 21.7. The molecule has 0 fully saturated rings. The first-order valence-corrected chi connectivity index (χ1v) is 23.3. The first kappa shape index (κ1) is 61.7. The summed E-state index contributed by atoms with van der Waals surface area (Å²) in [5.41, 5.74) is 2.08. The summed E-state index contributed by atoms with van der Waals surface area (Å²) in [6.07, 6.45) is 2.42. The minimum Gasteiger partial charge on any atom is -0.870 e. The molecular weight excluding hydrogens is 1020 g/mol. The van der Waals surface area contributed by atoms with Crippen molar-refractivity contribution in [1.82, 2.24) is 0 Å². The van der Waals surface area contributed by atoms with Gasteiger partial charge in [-0.25, -0.2) is 0 Å². The standard InChI is InChI=1S/C27H35BrO7.C24H31BrO5.K.H2O/c1-17(2)34-21-10-8-19(9-11-21)12-13-27(25(29)32-6,26(30)33-7)16-20-14-24(35-18(3)4)23(31-5)15-22(20)28;1-15(2)29-20-10-7-17(8-11-20)6-9-18(24(26)27)12-19-13-23(30-16(3)4)22(28-5)14-21(19)25;;/h8-11,14-15,17-18H,12-13,16H2,1-7H3;7-8,10-11,13-16,18H,6,9,12H2,1-5H3,(H,26,27);;1H2/q;;+1;/p-1. The number of carbonyl (C=O) groups is 3. The number of ether oxygens (including phenoxy) is 8. The zero-order chi connectivity index (χ0) is 48.4. The average molecular weight is 1090 g/mol. The SMILES string of the molecule is COC(=O)C(CCc1ccc(OC(C)C)cc1)(Cc1cc(OC(C)C)c(OC)cc1Br)C(=O)OC.COc1cc(Br)c(CC(CCc2ccc(OC(C)C)cc2)C(=O)O)cc1OC(C)C.[K+].[OH-]. The molecule has 4 aromatic rings. The van der Waals surface area contributed by atoms with E-state index in [-0.39, 0.29) is 94.1 Å². The number of hydrogen-bond donors (Lipinski definition) is 1. The topological polar surface area (TPSA) is 175 Å². The third-order valence-electron chi connectivity index (χ3n) is 10.1. The van der Waals surface area contributed by atoms with E-state index >= 15 is 0 Å². The van der Waals surface area contributed by atoms with Gasteiger partial charge in [-0.2, -0.15) is 0 Å². The maximum Gasteiger partial charge on any atom is 1.00 e. The van der Waals surface area contributed by atoms with Crippen molar-refractivity contribution >= 4 is 49.8 Å². The van der Waals surface area contributed by atoms with Crippen molar-refractivity contribution in [2.75, 3.05) is 28.4 Å². The maximum atomic E-state index is 13.1. The van der Waals surface area contributed by atoms with Gasteiger partial charge in [0.05, 0.1) is 58.8 Å². The molecule has 0 radical (unpaired) electrons. The number of rotatable bonds is 23. The molecule has 0 saturated carbocycles. The van der Waals surface area contributed by atoms with Crippen molar-refractivity contribution in [3.8, 4) is 34.5 Å². The molecule has 0 aliphatic rings. The summed E-state index contributed by atoms with van der Waals surface area (Å²) in [6.45, 7) is 15.6. The Morgan fingerprint density at radius 3 is 1.33 bits per heavy atom. The Balaban J connectivity index is 0.000000658. The number of esters is 2. The van der Waals surface area contributed by atoms with Crippen LogP contribution in [-0.2, 0) is 49.5 Å². The molecule has 1 atom stereocenters. The Morgan fingerprint density at radius 1 is 0.567 bits per heavy atom. The molecule has 0 spiro atoms. The van der Waals surface area contributed by atoms with E-state index in [9.17, 15) is 19.5 Å². The van der Waals surface area contributed by atoms with Crippen LogP contribution in [0.5, 0.6) is 34.5 Å². The van der Waals surface area contributed by atoms with Gasteiger partial charge in [0.15, 0.2) is 28.4 Å². The second kappa shape index (κ2) is 30.3. The van der Waals surface area contributed by atoms with Crippen LogP contribution in [0.1, 0.15) is 90.5 Å². The van der Waals surface area contributed by atoms with E-state index in [2.05, 4.69) is 31.9 Å². The van der Waals surface area contributed by atoms with Gasteiger partial charge in [-0.1, -0.05) is 56.1 Å². The van der Waals surface area contributed by atoms with Crippen LogP contribution >= 0.6 is 31.9 Å². The van der Waals surface area contributed by atoms with Gasteiger partial charge in [0.2, 0.25) is 0 Å². The zero-order valence-corrected chi connectivity index (χ0v) is 47.5. The van der Waals surface area contributed by atoms with Crippen molar-refractivity contribution in [1.29, 1.82) is 0 Å². The summed E-state index contributed by atoms with van der Waals surface area (Å²) >= 11 is 7.10. The molecule has 2 N–H and O–H groups in total. The van der Waals surface area contributed by atoms with Gasteiger partial charge in [0.1, 0.15) is 11.5 Å². The molecular formula is C51H67Br2KO13. The van der Waals surface area contributed by atoms with E-state index in [1.807, 2.05) is 116 Å². The normalized spacial score (nSPS) is 11.4. The van der Waals surface area contributed by atoms with Gasteiger partial charge in [-0.15, -0.1) is 0 Å². The van der Waals surface area contributed by atoms with Crippen LogP contribution in [0.3, 0.4) is 0 Å². The van der Waals surface area contributed by atoms with Crippen LogP contribution in [0.4, 0.5) is 0 Å². The van der Waals surface area contributed by atoms with E-state index in [4.69, 9.17) is 37.9 Å². The number of aliphatic carboxylic acids is 1. The largest absolute Gasteiger partial charge is 1.00 e. The molecule has 4 aromatic carbocycles. The Kier molecular flexibility index (Phi) is 27.9. The number of carboxylic acid groups (broad SMARTS) is 1. The fourth-order valence-electron chi connectivity index (χ4n) is 6.98. The minimum absolute atomic E-state index is 0. The van der Waals surface area contributed by atoms with E-state index < -0.39 is 29.2 Å². The van der Waals surface area contributed by atoms with E-state index in [1.54, 1.807) is 26.4 Å². The third kappa shape index (κ3) is 19.5. The number of carboxylic acids is 1. The molecule has 1 unspecified atom stereocenters. The van der Waals surface area contributed by atoms with Gasteiger partial charge in [-0.3, -0.25) is 14.4 Å². The van der Waals surface area contributed by atoms with Crippen molar-refractivity contribution in [2.45, 2.75) is 118 Å². The Hall–Kier alpha value is -3.35. The van der Waals surface area contributed by atoms with Crippen LogP contribution in [0.2, 0.25) is 0 Å². The quantitative estimate of drug-likeness (QED) is 0.0427. The minimum atomic E-state index is -1.55. The number of carbonyl (C=O) groups excluding carboxylic acids is 2. The van der Waals surface area contributed by atoms with Crippen LogP contribution < -0.4 is 79.8 Å².